The molecule has 2 aliphatic rings. The molecule has 0 atom stereocenters. The molecule has 2 rings (SSSR count). The molecular weight excluding hydrogens is 404 g/mol. The second-order valence-electron chi connectivity index (χ2n) is 2.25. The Morgan fingerprint density at radius 3 is 1.73 bits per heavy atom. The Morgan fingerprint density at radius 1 is 0.733 bits per heavy atom. The molecule has 0 aromatic carbocycles. The molecule has 6 heteroatoms. The Morgan fingerprint density at radius 2 is 1.40 bits per heavy atom. The normalized spacial score (nSPS) is 14.4. The first-order valence-electron chi connectivity index (χ1n) is 4.12. The van der Waals surface area contributed by atoms with Crippen LogP contribution in [0.3, 0.4) is 0 Å². The molecule has 0 fully saturated rings. The summed E-state index contributed by atoms with van der Waals surface area (Å²) in [5.74, 6) is 0. The summed E-state index contributed by atoms with van der Waals surface area (Å²) in [7, 11) is 0. The van der Waals surface area contributed by atoms with Crippen LogP contribution in [0.1, 0.15) is 0 Å². The number of nitrogens with zero attached hydrogens (tertiary/aromatic N) is 4. The molecule has 2 aliphatic heterocycles. The second kappa shape index (κ2) is 11.3. The summed E-state index contributed by atoms with van der Waals surface area (Å²) in [6, 6.07) is 0. The van der Waals surface area contributed by atoms with Crippen molar-refractivity contribution in [3.63, 3.8) is 0 Å². The summed E-state index contributed by atoms with van der Waals surface area (Å²) in [4.78, 5) is 0. The van der Waals surface area contributed by atoms with Gasteiger partial charge in [0.05, 0.1) is 12.4 Å². The molecule has 0 saturated carbocycles. The largest absolute Gasteiger partial charge is 0.147 e. The molecule has 0 N–H and O–H groups in total. The predicted octanol–water partition coefficient (Wildman–Crippen LogP) is 2.84. The molecular formula is C9H10ClN4Tl. The maximum absolute atomic E-state index is 3.46. The predicted molar refractivity (Wildman–Crippen MR) is 65.3 cm³/mol. The van der Waals surface area contributed by atoms with Gasteiger partial charge in [0.15, 0.2) is 0 Å². The first kappa shape index (κ1) is 14.2. The van der Waals surface area contributed by atoms with Crippen molar-refractivity contribution in [3.05, 3.63) is 46.4 Å². The molecule has 2 heterocycles. The number of allylic oxidation sites excluding steroid dienone is 5. The molecule has 0 spiro atoms. The van der Waals surface area contributed by atoms with Crippen LogP contribution in [0, 0.1) is 0 Å². The van der Waals surface area contributed by atoms with Crippen LogP contribution in [-0.2, 0) is 0 Å². The molecule has 0 radical (unpaired) electrons. The fourth-order valence-electron chi connectivity index (χ4n) is 0.667. The van der Waals surface area contributed by atoms with Crippen LogP contribution in [0.4, 0.5) is 0 Å². The van der Waals surface area contributed by atoms with Crippen LogP contribution in [0.5, 0.6) is 0 Å². The van der Waals surface area contributed by atoms with Crippen molar-refractivity contribution in [1.29, 1.82) is 0 Å². The molecule has 4 nitrogen and oxygen atoms in total. The van der Waals surface area contributed by atoms with Crippen molar-refractivity contribution in [1.82, 2.24) is 0 Å². The van der Waals surface area contributed by atoms with Crippen LogP contribution >= 0.6 is 12.4 Å². The fourth-order valence-corrected chi connectivity index (χ4v) is 3.16. The van der Waals surface area contributed by atoms with E-state index < -0.39 is 0 Å². The van der Waals surface area contributed by atoms with Gasteiger partial charge in [-0.2, -0.15) is 0 Å². The van der Waals surface area contributed by atoms with E-state index in [1.54, 1.807) is 12.2 Å². The summed E-state index contributed by atoms with van der Waals surface area (Å²) >= 11 is -0.380. The summed E-state index contributed by atoms with van der Waals surface area (Å²) in [6.07, 6.45) is 12.9. The van der Waals surface area contributed by atoms with E-state index in [1.165, 1.54) is 12.4 Å². The van der Waals surface area contributed by atoms with Crippen molar-refractivity contribution in [2.45, 2.75) is 0 Å². The van der Waals surface area contributed by atoms with E-state index in [-0.39, 0.29) is 36.2 Å². The van der Waals surface area contributed by atoms with Crippen molar-refractivity contribution in [2.24, 2.45) is 20.7 Å². The molecule has 0 aromatic heterocycles. The molecule has 0 bridgehead atoms. The maximum atomic E-state index is 3.46. The van der Waals surface area contributed by atoms with Crippen molar-refractivity contribution >= 4 is 39.7 Å². The Balaban J connectivity index is 0.000000253. The van der Waals surface area contributed by atoms with Crippen LogP contribution in [0.25, 0.3) is 0 Å². The Bertz CT molecular complexity index is 261. The summed E-state index contributed by atoms with van der Waals surface area (Å²) < 4.78 is 4.67. The van der Waals surface area contributed by atoms with Crippen LogP contribution in [0.15, 0.2) is 67.1 Å². The average molecular weight is 414 g/mol. The molecule has 15 heavy (non-hydrogen) atoms. The number of hydrogen-bond acceptors (Lipinski definition) is 4. The monoisotopic (exact) mass is 414 g/mol. The van der Waals surface area contributed by atoms with E-state index in [1.807, 2.05) is 0 Å². The van der Waals surface area contributed by atoms with Gasteiger partial charge in [0.2, 0.25) is 0 Å². The van der Waals surface area contributed by atoms with Gasteiger partial charge >= 0.3 is 49.2 Å². The topological polar surface area (TPSA) is 49.4 Å². The van der Waals surface area contributed by atoms with Crippen LogP contribution < -0.4 is 0 Å². The summed E-state index contributed by atoms with van der Waals surface area (Å²) in [5, 5.41) is 13.5. The molecule has 0 aliphatic carbocycles. The van der Waals surface area contributed by atoms with Crippen molar-refractivity contribution < 1.29 is 0 Å². The summed E-state index contributed by atoms with van der Waals surface area (Å²) in [5.41, 5.74) is 0. The Kier molecular flexibility index (Phi) is 10.7. The SMILES string of the molecule is C1=CN=NN=NC=C1.C1=C[CH]=[Tl][CH]=C1.Cl. The minimum atomic E-state index is -0.380. The second-order valence-corrected chi connectivity index (χ2v) is 6.74. The summed E-state index contributed by atoms with van der Waals surface area (Å²) in [6.45, 7) is 0. The van der Waals surface area contributed by atoms with Crippen molar-refractivity contribution in [3.8, 4) is 0 Å². The van der Waals surface area contributed by atoms with Gasteiger partial charge in [-0.1, -0.05) is 0 Å². The van der Waals surface area contributed by atoms with Crippen LogP contribution in [0.2, 0.25) is 0 Å². The zero-order chi connectivity index (χ0) is 9.90. The minimum absolute atomic E-state index is 0. The number of rotatable bonds is 0. The van der Waals surface area contributed by atoms with Gasteiger partial charge in [-0.25, -0.2) is 0 Å². The molecule has 0 aromatic rings. The van der Waals surface area contributed by atoms with Gasteiger partial charge in [0, 0.05) is 0 Å². The third-order valence-corrected chi connectivity index (χ3v) is 4.68. The number of hydrogen-bond donors (Lipinski definition) is 0. The van der Waals surface area contributed by atoms with Gasteiger partial charge in [0.25, 0.3) is 0 Å². The van der Waals surface area contributed by atoms with E-state index in [0.717, 1.165) is 0 Å². The average Bonchev–Trinajstić information content (AvgIpc) is 2.20. The smallest absolute Gasteiger partial charge is 0.147 e. The zero-order valence-corrected chi connectivity index (χ0v) is 13.3. The molecule has 0 amide bonds. The van der Waals surface area contributed by atoms with Crippen LogP contribution in [-0.4, -0.2) is 27.3 Å². The minimum Gasteiger partial charge on any atom is -0.147 e. The molecule has 0 unspecified atom stereocenters. The standard InChI is InChI=1S/C5H5.C4H4N4.ClH.Tl/c1-3-5-4-2;1-2-4-6-8-7-5-3-1;;/h1-5H;1-4H;1H;. The zero-order valence-electron chi connectivity index (χ0n) is 7.97. The fraction of sp³-hybridized carbons (Fsp3) is 0. The molecule has 76 valence electrons. The quantitative estimate of drug-likeness (QED) is 0.548. The van der Waals surface area contributed by atoms with Gasteiger partial charge in [-0.05, 0) is 22.6 Å². The third-order valence-electron chi connectivity index (χ3n) is 1.23. The first-order chi connectivity index (χ1) is 7.00. The van der Waals surface area contributed by atoms with Gasteiger partial charge in [-0.15, -0.1) is 22.6 Å². The van der Waals surface area contributed by atoms with E-state index in [0.29, 0.717) is 0 Å². The van der Waals surface area contributed by atoms with Gasteiger partial charge < -0.3 is 0 Å². The maximum Gasteiger partial charge on any atom is -0.147 e. The van der Waals surface area contributed by atoms with Gasteiger partial charge in [0.1, 0.15) is 0 Å². The van der Waals surface area contributed by atoms with E-state index in [9.17, 15) is 0 Å². The molecule has 0 saturated heterocycles. The van der Waals surface area contributed by atoms with E-state index in [2.05, 4.69) is 46.1 Å². The van der Waals surface area contributed by atoms with E-state index in [4.69, 9.17) is 0 Å². The van der Waals surface area contributed by atoms with Crippen molar-refractivity contribution in [2.75, 3.05) is 0 Å². The van der Waals surface area contributed by atoms with E-state index >= 15 is 0 Å². The van der Waals surface area contributed by atoms with Gasteiger partial charge in [-0.3, -0.25) is 0 Å². The Hall–Kier alpha value is -0.758. The first-order valence-corrected chi connectivity index (χ1v) is 9.30. The third kappa shape index (κ3) is 9.54. The Labute approximate surface area is 106 Å². The number of halogens is 1.